The number of fused-ring (bicyclic) bond motifs is 1. The number of amides is 1. The molecule has 0 bridgehead atoms. The van der Waals surface area contributed by atoms with Gasteiger partial charge >= 0.3 is 0 Å². The quantitative estimate of drug-likeness (QED) is 0.580. The molecular formula is C22H19N5O2. The van der Waals surface area contributed by atoms with Gasteiger partial charge < -0.3 is 14.6 Å². The Hall–Kier alpha value is -3.74. The third-order valence-electron chi connectivity index (χ3n) is 5.16. The van der Waals surface area contributed by atoms with Gasteiger partial charge in [0.1, 0.15) is 5.58 Å². The molecule has 0 spiro atoms. The number of rotatable bonds is 4. The minimum atomic E-state index is -0.0770. The third-order valence-corrected chi connectivity index (χ3v) is 5.16. The molecular weight excluding hydrogens is 366 g/mol. The minimum absolute atomic E-state index is 0.0762. The second-order valence-corrected chi connectivity index (χ2v) is 7.02. The van der Waals surface area contributed by atoms with Crippen molar-refractivity contribution >= 4 is 22.8 Å². The summed E-state index contributed by atoms with van der Waals surface area (Å²) in [5.41, 5.74) is 3.21. The van der Waals surface area contributed by atoms with Crippen molar-refractivity contribution in [3.63, 3.8) is 0 Å². The van der Waals surface area contributed by atoms with Gasteiger partial charge in [-0.2, -0.15) is 0 Å². The Kier molecular flexibility index (Phi) is 4.40. The van der Waals surface area contributed by atoms with E-state index in [0.29, 0.717) is 18.1 Å². The molecule has 0 aliphatic carbocycles. The Bertz CT molecular complexity index is 1140. The summed E-state index contributed by atoms with van der Waals surface area (Å²) in [5, 5.41) is 4.07. The maximum absolute atomic E-state index is 12.7. The van der Waals surface area contributed by atoms with Crippen LogP contribution in [0.25, 0.3) is 22.2 Å². The summed E-state index contributed by atoms with van der Waals surface area (Å²) < 4.78 is 5.44. The highest BCUT2D eigenvalue weighted by Crippen LogP contribution is 2.27. The van der Waals surface area contributed by atoms with Crippen LogP contribution in [0.4, 0.5) is 5.95 Å². The van der Waals surface area contributed by atoms with Crippen molar-refractivity contribution in [2.75, 3.05) is 18.0 Å². The standard InChI is InChI=1S/C22H19N5O2/c28-21(26-17-7-12-27(14-17)22-24-9-1-10-25-22)16-4-2-15(3-5-16)20-18-8-13-29-19(18)6-11-23-20/h1-6,8-11,13,17H,7,12,14H2,(H,26,28). The van der Waals surface area contributed by atoms with Gasteiger partial charge in [-0.3, -0.25) is 9.78 Å². The number of aromatic nitrogens is 3. The molecule has 7 heteroatoms. The maximum atomic E-state index is 12.7. The molecule has 1 atom stereocenters. The molecule has 1 N–H and O–H groups in total. The second kappa shape index (κ2) is 7.35. The first-order valence-electron chi connectivity index (χ1n) is 9.53. The van der Waals surface area contributed by atoms with Crippen LogP contribution in [0.3, 0.4) is 0 Å². The van der Waals surface area contributed by atoms with Gasteiger partial charge in [0.15, 0.2) is 0 Å². The number of pyridine rings is 1. The number of furan rings is 1. The van der Waals surface area contributed by atoms with Crippen LogP contribution in [-0.4, -0.2) is 40.0 Å². The highest BCUT2D eigenvalue weighted by Gasteiger charge is 2.25. The molecule has 1 amide bonds. The van der Waals surface area contributed by atoms with Gasteiger partial charge in [-0.25, -0.2) is 9.97 Å². The van der Waals surface area contributed by atoms with Crippen LogP contribution in [0, 0.1) is 0 Å². The monoisotopic (exact) mass is 385 g/mol. The fourth-order valence-electron chi connectivity index (χ4n) is 3.69. The maximum Gasteiger partial charge on any atom is 0.251 e. The van der Waals surface area contributed by atoms with E-state index < -0.39 is 0 Å². The number of hydrogen-bond acceptors (Lipinski definition) is 6. The van der Waals surface area contributed by atoms with E-state index in [4.69, 9.17) is 4.42 Å². The number of carbonyl (C=O) groups is 1. The van der Waals surface area contributed by atoms with Crippen molar-refractivity contribution in [1.29, 1.82) is 0 Å². The van der Waals surface area contributed by atoms with Crippen molar-refractivity contribution in [3.05, 3.63) is 72.9 Å². The molecule has 4 heterocycles. The largest absolute Gasteiger partial charge is 0.464 e. The summed E-state index contributed by atoms with van der Waals surface area (Å²) >= 11 is 0. The van der Waals surface area contributed by atoms with Gasteiger partial charge in [0.05, 0.1) is 12.0 Å². The van der Waals surface area contributed by atoms with Crippen molar-refractivity contribution < 1.29 is 9.21 Å². The molecule has 0 radical (unpaired) electrons. The number of hydrogen-bond donors (Lipinski definition) is 1. The van der Waals surface area contributed by atoms with Crippen LogP contribution in [0.2, 0.25) is 0 Å². The molecule has 1 fully saturated rings. The Labute approximate surface area is 167 Å². The van der Waals surface area contributed by atoms with E-state index >= 15 is 0 Å². The first-order valence-corrected chi connectivity index (χ1v) is 9.53. The fourth-order valence-corrected chi connectivity index (χ4v) is 3.69. The van der Waals surface area contributed by atoms with E-state index in [1.54, 1.807) is 30.9 Å². The molecule has 1 aromatic carbocycles. The van der Waals surface area contributed by atoms with E-state index in [-0.39, 0.29) is 11.9 Å². The lowest BCUT2D eigenvalue weighted by Crippen LogP contribution is -2.37. The molecule has 1 saturated heterocycles. The minimum Gasteiger partial charge on any atom is -0.464 e. The average Bonchev–Trinajstić information content (AvgIpc) is 3.44. The number of nitrogens with zero attached hydrogens (tertiary/aromatic N) is 4. The molecule has 1 aliphatic heterocycles. The van der Waals surface area contributed by atoms with Crippen LogP contribution < -0.4 is 10.2 Å². The van der Waals surface area contributed by atoms with Crippen molar-refractivity contribution in [3.8, 4) is 11.3 Å². The lowest BCUT2D eigenvalue weighted by Gasteiger charge is -2.16. The summed E-state index contributed by atoms with van der Waals surface area (Å²) in [6.07, 6.45) is 7.71. The molecule has 1 aliphatic rings. The van der Waals surface area contributed by atoms with Gasteiger partial charge in [0.2, 0.25) is 5.95 Å². The fraction of sp³-hybridized carbons (Fsp3) is 0.182. The summed E-state index contributed by atoms with van der Waals surface area (Å²) in [7, 11) is 0. The molecule has 29 heavy (non-hydrogen) atoms. The Morgan fingerprint density at radius 2 is 1.86 bits per heavy atom. The zero-order chi connectivity index (χ0) is 19.6. The highest BCUT2D eigenvalue weighted by molar-refractivity contribution is 5.96. The SMILES string of the molecule is O=C(NC1CCN(c2ncccn2)C1)c1ccc(-c2nccc3occc23)cc1. The van der Waals surface area contributed by atoms with Crippen LogP contribution in [-0.2, 0) is 0 Å². The molecule has 3 aromatic heterocycles. The number of anilines is 1. The van der Waals surface area contributed by atoms with Crippen LogP contribution >= 0.6 is 0 Å². The molecule has 5 rings (SSSR count). The second-order valence-electron chi connectivity index (χ2n) is 7.02. The third kappa shape index (κ3) is 3.42. The van der Waals surface area contributed by atoms with E-state index in [9.17, 15) is 4.79 Å². The smallest absolute Gasteiger partial charge is 0.251 e. The zero-order valence-electron chi connectivity index (χ0n) is 15.7. The van der Waals surface area contributed by atoms with Gasteiger partial charge in [-0.05, 0) is 36.8 Å². The Balaban J connectivity index is 1.27. The van der Waals surface area contributed by atoms with E-state index in [1.807, 2.05) is 36.4 Å². The van der Waals surface area contributed by atoms with E-state index in [0.717, 1.165) is 35.2 Å². The average molecular weight is 385 g/mol. The Morgan fingerprint density at radius 1 is 1.03 bits per heavy atom. The molecule has 0 saturated carbocycles. The molecule has 4 aromatic rings. The van der Waals surface area contributed by atoms with Crippen LogP contribution in [0.1, 0.15) is 16.8 Å². The van der Waals surface area contributed by atoms with Crippen LogP contribution in [0.5, 0.6) is 0 Å². The summed E-state index contributed by atoms with van der Waals surface area (Å²) in [6, 6.07) is 13.1. The predicted molar refractivity (Wildman–Crippen MR) is 110 cm³/mol. The molecule has 7 nitrogen and oxygen atoms in total. The number of benzene rings is 1. The van der Waals surface area contributed by atoms with Gasteiger partial charge in [0, 0.05) is 54.2 Å². The van der Waals surface area contributed by atoms with Crippen molar-refractivity contribution in [2.45, 2.75) is 12.5 Å². The summed E-state index contributed by atoms with van der Waals surface area (Å²) in [6.45, 7) is 1.54. The van der Waals surface area contributed by atoms with Crippen molar-refractivity contribution in [1.82, 2.24) is 20.3 Å². The van der Waals surface area contributed by atoms with Crippen molar-refractivity contribution in [2.24, 2.45) is 0 Å². The predicted octanol–water partition coefficient (Wildman–Crippen LogP) is 3.29. The number of nitrogens with one attached hydrogen (secondary N) is 1. The van der Waals surface area contributed by atoms with Gasteiger partial charge in [0.25, 0.3) is 5.91 Å². The lowest BCUT2D eigenvalue weighted by atomic mass is 10.1. The van der Waals surface area contributed by atoms with E-state index in [2.05, 4.69) is 25.2 Å². The number of carbonyl (C=O) groups excluding carboxylic acids is 1. The zero-order valence-corrected chi connectivity index (χ0v) is 15.7. The first kappa shape index (κ1) is 17.4. The Morgan fingerprint density at radius 3 is 2.69 bits per heavy atom. The van der Waals surface area contributed by atoms with Crippen LogP contribution in [0.15, 0.2) is 71.7 Å². The normalized spacial score (nSPS) is 16.3. The van der Waals surface area contributed by atoms with Gasteiger partial charge in [-0.1, -0.05) is 12.1 Å². The topological polar surface area (TPSA) is 84.2 Å². The van der Waals surface area contributed by atoms with E-state index in [1.165, 1.54) is 0 Å². The highest BCUT2D eigenvalue weighted by atomic mass is 16.3. The van der Waals surface area contributed by atoms with Gasteiger partial charge in [-0.15, -0.1) is 0 Å². The molecule has 1 unspecified atom stereocenters. The first-order chi connectivity index (χ1) is 14.3. The lowest BCUT2D eigenvalue weighted by molar-refractivity contribution is 0.0940. The summed E-state index contributed by atoms with van der Waals surface area (Å²) in [5.74, 6) is 0.626. The molecule has 144 valence electrons. The summed E-state index contributed by atoms with van der Waals surface area (Å²) in [4.78, 5) is 27.8.